The summed E-state index contributed by atoms with van der Waals surface area (Å²) in [5.74, 6) is -1.22. The van der Waals surface area contributed by atoms with E-state index in [4.69, 9.17) is 5.11 Å². The maximum Gasteiger partial charge on any atom is 0.338 e. The molecule has 1 aromatic carbocycles. The molecule has 0 heterocycles. The van der Waals surface area contributed by atoms with Crippen LogP contribution in [0, 0.1) is 15.5 Å². The van der Waals surface area contributed by atoms with Gasteiger partial charge in [-0.25, -0.2) is 4.79 Å². The van der Waals surface area contributed by atoms with Crippen LogP contribution in [0.3, 0.4) is 0 Å². The summed E-state index contributed by atoms with van der Waals surface area (Å²) in [4.78, 5) is 21.4. The highest BCUT2D eigenvalue weighted by molar-refractivity contribution is 5.96. The third-order valence-corrected chi connectivity index (χ3v) is 3.40. The lowest BCUT2D eigenvalue weighted by molar-refractivity contribution is -0.384. The van der Waals surface area contributed by atoms with Crippen LogP contribution in [-0.2, 0) is 0 Å². The molecule has 0 radical (unpaired) electrons. The van der Waals surface area contributed by atoms with Crippen LogP contribution in [0.4, 0.5) is 11.4 Å². The quantitative estimate of drug-likeness (QED) is 0.531. The number of anilines is 1. The first-order valence-corrected chi connectivity index (χ1v) is 5.84. The molecule has 2 rings (SSSR count). The summed E-state index contributed by atoms with van der Waals surface area (Å²) in [5.41, 5.74) is -0.671. The smallest absolute Gasteiger partial charge is 0.338 e. The van der Waals surface area contributed by atoms with E-state index in [9.17, 15) is 20.0 Å². The van der Waals surface area contributed by atoms with Gasteiger partial charge in [-0.2, -0.15) is 0 Å². The number of rotatable bonds is 6. The highest BCUT2D eigenvalue weighted by atomic mass is 16.6. The molecule has 102 valence electrons. The number of carboxylic acid groups (broad SMARTS) is 1. The van der Waals surface area contributed by atoms with E-state index in [0.717, 1.165) is 12.8 Å². The highest BCUT2D eigenvalue weighted by Crippen LogP contribution is 2.45. The van der Waals surface area contributed by atoms with Gasteiger partial charge in [-0.15, -0.1) is 0 Å². The monoisotopic (exact) mass is 266 g/mol. The van der Waals surface area contributed by atoms with E-state index in [2.05, 4.69) is 5.32 Å². The molecule has 19 heavy (non-hydrogen) atoms. The second-order valence-electron chi connectivity index (χ2n) is 4.77. The molecule has 0 atom stereocenters. The number of hydrogen-bond donors (Lipinski definition) is 3. The van der Waals surface area contributed by atoms with Gasteiger partial charge in [0.15, 0.2) is 0 Å². The Bertz CT molecular complexity index is 493. The largest absolute Gasteiger partial charge is 0.478 e. The van der Waals surface area contributed by atoms with Crippen molar-refractivity contribution in [1.82, 2.24) is 0 Å². The van der Waals surface area contributed by atoms with Gasteiger partial charge in [0.2, 0.25) is 0 Å². The van der Waals surface area contributed by atoms with Gasteiger partial charge in [-0.1, -0.05) is 6.07 Å². The Kier molecular flexibility index (Phi) is 3.39. The van der Waals surface area contributed by atoms with E-state index >= 15 is 0 Å². The second kappa shape index (κ2) is 4.85. The van der Waals surface area contributed by atoms with Crippen LogP contribution in [-0.4, -0.2) is 34.3 Å². The van der Waals surface area contributed by atoms with Crippen LogP contribution in [0.15, 0.2) is 18.2 Å². The lowest BCUT2D eigenvalue weighted by Crippen LogP contribution is -2.21. The molecule has 0 aromatic heterocycles. The fraction of sp³-hybridized carbons (Fsp3) is 0.417. The number of carbonyl (C=O) groups is 1. The molecule has 1 fully saturated rings. The van der Waals surface area contributed by atoms with Gasteiger partial charge in [-0.3, -0.25) is 10.1 Å². The van der Waals surface area contributed by atoms with Crippen LogP contribution >= 0.6 is 0 Å². The maximum absolute atomic E-state index is 11.1. The van der Waals surface area contributed by atoms with Gasteiger partial charge in [0, 0.05) is 18.0 Å². The van der Waals surface area contributed by atoms with E-state index in [1.807, 2.05) is 0 Å². The van der Waals surface area contributed by atoms with Gasteiger partial charge in [0.25, 0.3) is 5.69 Å². The van der Waals surface area contributed by atoms with Gasteiger partial charge < -0.3 is 15.5 Å². The number of nitro groups is 1. The molecule has 1 saturated carbocycles. The van der Waals surface area contributed by atoms with E-state index in [0.29, 0.717) is 6.54 Å². The van der Waals surface area contributed by atoms with E-state index < -0.39 is 10.9 Å². The zero-order valence-electron chi connectivity index (χ0n) is 10.1. The lowest BCUT2D eigenvalue weighted by Gasteiger charge is -2.15. The van der Waals surface area contributed by atoms with Crippen molar-refractivity contribution in [3.63, 3.8) is 0 Å². The number of para-hydroxylation sites is 1. The molecular formula is C12H14N2O5. The molecule has 0 bridgehead atoms. The first-order valence-electron chi connectivity index (χ1n) is 5.84. The Labute approximate surface area is 109 Å². The van der Waals surface area contributed by atoms with Crippen LogP contribution < -0.4 is 5.32 Å². The summed E-state index contributed by atoms with van der Waals surface area (Å²) in [7, 11) is 0. The SMILES string of the molecule is O=C(O)c1cccc([N+](=O)[O-])c1NCC1(CO)CC1. The van der Waals surface area contributed by atoms with Crippen LogP contribution in [0.5, 0.6) is 0 Å². The van der Waals surface area contributed by atoms with Crippen molar-refractivity contribution in [3.8, 4) is 0 Å². The van der Waals surface area contributed by atoms with Crippen molar-refractivity contribution >= 4 is 17.3 Å². The van der Waals surface area contributed by atoms with Crippen LogP contribution in [0.1, 0.15) is 23.2 Å². The number of aromatic carboxylic acids is 1. The molecule has 1 aromatic rings. The van der Waals surface area contributed by atoms with E-state index in [-0.39, 0.29) is 29.0 Å². The van der Waals surface area contributed by atoms with Crippen molar-refractivity contribution in [2.45, 2.75) is 12.8 Å². The average Bonchev–Trinajstić information content (AvgIpc) is 3.16. The first-order chi connectivity index (χ1) is 8.99. The normalized spacial score (nSPS) is 15.8. The molecule has 0 aliphatic heterocycles. The summed E-state index contributed by atoms with van der Waals surface area (Å²) in [5, 5.41) is 32.0. The minimum Gasteiger partial charge on any atom is -0.478 e. The Balaban J connectivity index is 2.30. The molecule has 3 N–H and O–H groups in total. The van der Waals surface area contributed by atoms with Crippen molar-refractivity contribution in [3.05, 3.63) is 33.9 Å². The van der Waals surface area contributed by atoms with E-state index in [1.165, 1.54) is 18.2 Å². The minimum atomic E-state index is -1.22. The van der Waals surface area contributed by atoms with Crippen molar-refractivity contribution < 1.29 is 19.9 Å². The van der Waals surface area contributed by atoms with Gasteiger partial charge >= 0.3 is 5.97 Å². The first kappa shape index (κ1) is 13.3. The van der Waals surface area contributed by atoms with E-state index in [1.54, 1.807) is 0 Å². The third-order valence-electron chi connectivity index (χ3n) is 3.40. The topological polar surface area (TPSA) is 113 Å². The number of nitrogens with one attached hydrogen (secondary N) is 1. The summed E-state index contributed by atoms with van der Waals surface area (Å²) >= 11 is 0. The molecule has 7 heteroatoms. The van der Waals surface area contributed by atoms with Gasteiger partial charge in [0.05, 0.1) is 17.1 Å². The molecule has 0 amide bonds. The third kappa shape index (κ3) is 2.65. The van der Waals surface area contributed by atoms with Crippen molar-refractivity contribution in [2.24, 2.45) is 5.41 Å². The predicted octanol–water partition coefficient (Wildman–Crippen LogP) is 1.48. The minimum absolute atomic E-state index is 0.000255. The van der Waals surface area contributed by atoms with Crippen molar-refractivity contribution in [1.29, 1.82) is 0 Å². The summed E-state index contributed by atoms with van der Waals surface area (Å²) in [6.45, 7) is 0.317. The number of benzene rings is 1. The number of aliphatic hydroxyl groups is 1. The summed E-state index contributed by atoms with van der Waals surface area (Å²) in [6.07, 6.45) is 1.67. The number of hydrogen-bond acceptors (Lipinski definition) is 5. The zero-order valence-corrected chi connectivity index (χ0v) is 10.1. The Morgan fingerprint density at radius 1 is 1.47 bits per heavy atom. The Morgan fingerprint density at radius 3 is 2.63 bits per heavy atom. The van der Waals surface area contributed by atoms with Gasteiger partial charge in [0.1, 0.15) is 5.69 Å². The molecule has 0 unspecified atom stereocenters. The zero-order chi connectivity index (χ0) is 14.0. The molecule has 0 saturated heterocycles. The molecular weight excluding hydrogens is 252 g/mol. The Hall–Kier alpha value is -2.15. The highest BCUT2D eigenvalue weighted by Gasteiger charge is 2.42. The molecule has 1 aliphatic rings. The molecule has 0 spiro atoms. The number of carboxylic acids is 1. The van der Waals surface area contributed by atoms with Gasteiger partial charge in [-0.05, 0) is 18.9 Å². The number of aliphatic hydroxyl groups excluding tert-OH is 1. The second-order valence-corrected chi connectivity index (χ2v) is 4.77. The predicted molar refractivity (Wildman–Crippen MR) is 67.3 cm³/mol. The average molecular weight is 266 g/mol. The fourth-order valence-corrected chi connectivity index (χ4v) is 1.90. The van der Waals surface area contributed by atoms with Crippen LogP contribution in [0.25, 0.3) is 0 Å². The number of nitro benzene ring substituents is 1. The summed E-state index contributed by atoms with van der Waals surface area (Å²) in [6, 6.07) is 3.91. The lowest BCUT2D eigenvalue weighted by atomic mass is 10.1. The fourth-order valence-electron chi connectivity index (χ4n) is 1.90. The summed E-state index contributed by atoms with van der Waals surface area (Å²) < 4.78 is 0. The van der Waals surface area contributed by atoms with Crippen LogP contribution in [0.2, 0.25) is 0 Å². The molecule has 1 aliphatic carbocycles. The number of nitrogens with zero attached hydrogens (tertiary/aromatic N) is 1. The molecule has 7 nitrogen and oxygen atoms in total. The van der Waals surface area contributed by atoms with Crippen molar-refractivity contribution in [2.75, 3.05) is 18.5 Å². The standard InChI is InChI=1S/C12H14N2O5/c15-7-12(4-5-12)6-13-10-8(11(16)17)2-1-3-9(10)14(18)19/h1-3,13,15H,4-7H2,(H,16,17). The Morgan fingerprint density at radius 2 is 2.16 bits per heavy atom. The maximum atomic E-state index is 11.1.